The lowest BCUT2D eigenvalue weighted by Crippen LogP contribution is -2.16. The largest absolute Gasteiger partial charge is 0.388 e. The lowest BCUT2D eigenvalue weighted by atomic mass is 10.0. The van der Waals surface area contributed by atoms with Gasteiger partial charge in [-0.15, -0.1) is 0 Å². The van der Waals surface area contributed by atoms with Crippen LogP contribution in [-0.4, -0.2) is 45.4 Å². The molecule has 9 nitrogen and oxygen atoms in total. The van der Waals surface area contributed by atoms with Gasteiger partial charge >= 0.3 is 0 Å². The van der Waals surface area contributed by atoms with Crippen molar-refractivity contribution in [2.45, 2.75) is 32.1 Å². The van der Waals surface area contributed by atoms with Crippen molar-refractivity contribution in [2.24, 2.45) is 5.73 Å². The molecule has 0 fully saturated rings. The zero-order chi connectivity index (χ0) is 25.5. The van der Waals surface area contributed by atoms with Gasteiger partial charge in [0.2, 0.25) is 17.8 Å². The van der Waals surface area contributed by atoms with Crippen LogP contribution in [0.5, 0.6) is 0 Å². The number of aromatic nitrogens is 4. The average molecular weight is 496 g/mol. The number of rotatable bonds is 13. The zero-order valence-electron chi connectivity index (χ0n) is 20.8. The van der Waals surface area contributed by atoms with Gasteiger partial charge in [-0.1, -0.05) is 48.5 Å². The summed E-state index contributed by atoms with van der Waals surface area (Å²) in [6, 6.07) is 16.9. The van der Waals surface area contributed by atoms with Crippen LogP contribution >= 0.6 is 0 Å². The first-order valence-electron chi connectivity index (χ1n) is 12.8. The van der Waals surface area contributed by atoms with Crippen LogP contribution in [0, 0.1) is 5.41 Å². The van der Waals surface area contributed by atoms with Crippen LogP contribution in [0.4, 0.5) is 17.8 Å². The Hall–Kier alpha value is -4.40. The molecule has 2 heterocycles. The van der Waals surface area contributed by atoms with Gasteiger partial charge in [0.25, 0.3) is 0 Å². The molecule has 2 aromatic carbocycles. The molecule has 0 spiro atoms. The van der Waals surface area contributed by atoms with E-state index in [1.165, 1.54) is 27.6 Å². The molecule has 4 aromatic rings. The number of anilines is 3. The van der Waals surface area contributed by atoms with E-state index in [0.29, 0.717) is 37.4 Å². The van der Waals surface area contributed by atoms with Crippen molar-refractivity contribution in [1.82, 2.24) is 19.9 Å². The second kappa shape index (κ2) is 11.6. The number of nitrogens with one attached hydrogen (secondary N) is 5. The summed E-state index contributed by atoms with van der Waals surface area (Å²) >= 11 is 0. The third-order valence-electron chi connectivity index (χ3n) is 6.50. The molecule has 0 aliphatic heterocycles. The summed E-state index contributed by atoms with van der Waals surface area (Å²) in [6.07, 6.45) is 8.37. The van der Waals surface area contributed by atoms with Crippen LogP contribution < -0.4 is 21.7 Å². The maximum atomic E-state index is 7.41. The van der Waals surface area contributed by atoms with Crippen LogP contribution in [0.15, 0.2) is 60.8 Å². The summed E-state index contributed by atoms with van der Waals surface area (Å²) in [5, 5.41) is 18.6. The lowest BCUT2D eigenvalue weighted by molar-refractivity contribution is 0.880. The molecular formula is C28H33N9. The summed E-state index contributed by atoms with van der Waals surface area (Å²) in [5.74, 6) is 1.74. The number of hydrogen-bond acceptors (Lipinski definition) is 7. The smallest absolute Gasteiger partial charge is 0.229 e. The molecule has 9 heteroatoms. The number of H-pyrrole nitrogens is 1. The van der Waals surface area contributed by atoms with E-state index in [-0.39, 0.29) is 5.84 Å². The Morgan fingerprint density at radius 2 is 1.54 bits per heavy atom. The first-order valence-corrected chi connectivity index (χ1v) is 12.8. The number of hydrogen-bond donors (Lipinski definition) is 6. The van der Waals surface area contributed by atoms with Gasteiger partial charge in [-0.25, -0.2) is 0 Å². The third-order valence-corrected chi connectivity index (χ3v) is 6.50. The first-order chi connectivity index (χ1) is 18.2. The highest BCUT2D eigenvalue weighted by molar-refractivity contribution is 5.83. The highest BCUT2D eigenvalue weighted by Crippen LogP contribution is 2.29. The van der Waals surface area contributed by atoms with E-state index in [2.05, 4.69) is 90.6 Å². The van der Waals surface area contributed by atoms with Crippen molar-refractivity contribution >= 4 is 40.2 Å². The minimum Gasteiger partial charge on any atom is -0.388 e. The number of nitrogens with zero attached hydrogens (tertiary/aromatic N) is 3. The van der Waals surface area contributed by atoms with Gasteiger partial charge in [-0.2, -0.15) is 15.0 Å². The van der Waals surface area contributed by atoms with Gasteiger partial charge in [0.15, 0.2) is 0 Å². The molecule has 0 saturated heterocycles. The van der Waals surface area contributed by atoms with Gasteiger partial charge in [-0.3, -0.25) is 5.41 Å². The predicted octanol–water partition coefficient (Wildman–Crippen LogP) is 4.58. The Bertz CT molecular complexity index is 1410. The van der Waals surface area contributed by atoms with E-state index < -0.39 is 0 Å². The molecule has 0 radical (unpaired) electrons. The molecule has 0 saturated carbocycles. The van der Waals surface area contributed by atoms with Gasteiger partial charge in [-0.05, 0) is 54.0 Å². The predicted molar refractivity (Wildman–Crippen MR) is 151 cm³/mol. The fourth-order valence-corrected chi connectivity index (χ4v) is 4.64. The highest BCUT2D eigenvalue weighted by Gasteiger charge is 2.13. The summed E-state index contributed by atoms with van der Waals surface area (Å²) < 4.78 is 0. The van der Waals surface area contributed by atoms with E-state index >= 15 is 0 Å². The van der Waals surface area contributed by atoms with Gasteiger partial charge in [0.1, 0.15) is 0 Å². The normalized spacial score (nSPS) is 12.3. The second-order valence-corrected chi connectivity index (χ2v) is 9.17. The third kappa shape index (κ3) is 6.24. The molecule has 190 valence electrons. The van der Waals surface area contributed by atoms with Crippen molar-refractivity contribution in [3.63, 3.8) is 0 Å². The Kier molecular flexibility index (Phi) is 7.59. The number of aromatic amines is 1. The molecule has 2 aromatic heterocycles. The van der Waals surface area contributed by atoms with Crippen molar-refractivity contribution in [3.05, 3.63) is 77.5 Å². The standard InChI is InChI=1S/C28H33N9/c29-25(30)10-5-15-31-26-35-27(32-16-13-20-12-11-19-6-1-2-7-22(19)20)37-28(36-26)33-17-14-21-18-34-24-9-4-3-8-23(21)24/h1-4,6-9,12,18,34H,5,10-11,13-17H2,(H3,29,30)(H3,31,32,33,35,36,37). The summed E-state index contributed by atoms with van der Waals surface area (Å²) in [7, 11) is 0. The summed E-state index contributed by atoms with van der Waals surface area (Å²) in [6.45, 7) is 2.04. The van der Waals surface area contributed by atoms with Crippen LogP contribution in [0.2, 0.25) is 0 Å². The van der Waals surface area contributed by atoms with Crippen LogP contribution in [0.25, 0.3) is 16.5 Å². The quantitative estimate of drug-likeness (QED) is 0.0906. The highest BCUT2D eigenvalue weighted by atomic mass is 15.3. The molecule has 1 aliphatic rings. The molecule has 37 heavy (non-hydrogen) atoms. The van der Waals surface area contributed by atoms with E-state index in [1.807, 2.05) is 6.07 Å². The average Bonchev–Trinajstić information content (AvgIpc) is 3.51. The van der Waals surface area contributed by atoms with E-state index in [0.717, 1.165) is 37.7 Å². The summed E-state index contributed by atoms with van der Waals surface area (Å²) in [5.41, 5.74) is 12.0. The number of allylic oxidation sites excluding steroid dienone is 1. The number of benzene rings is 2. The topological polar surface area (TPSA) is 140 Å². The SMILES string of the molecule is N=C(N)CCCNc1nc(NCCC2=CCc3ccccc32)nc(NCCc2c[nH]c3ccccc23)n1. The second-order valence-electron chi connectivity index (χ2n) is 9.17. The number of amidine groups is 1. The van der Waals surface area contributed by atoms with Crippen molar-refractivity contribution in [3.8, 4) is 0 Å². The maximum absolute atomic E-state index is 7.41. The van der Waals surface area contributed by atoms with E-state index in [4.69, 9.17) is 11.1 Å². The zero-order valence-corrected chi connectivity index (χ0v) is 20.8. The maximum Gasteiger partial charge on any atom is 0.229 e. The fraction of sp³-hybridized carbons (Fsp3) is 0.286. The molecule has 0 bridgehead atoms. The fourth-order valence-electron chi connectivity index (χ4n) is 4.64. The molecule has 0 unspecified atom stereocenters. The molecule has 7 N–H and O–H groups in total. The minimum absolute atomic E-state index is 0.183. The van der Waals surface area contributed by atoms with E-state index in [1.54, 1.807) is 0 Å². The number of fused-ring (bicyclic) bond motifs is 2. The monoisotopic (exact) mass is 495 g/mol. The van der Waals surface area contributed by atoms with Gasteiger partial charge in [0.05, 0.1) is 5.84 Å². The summed E-state index contributed by atoms with van der Waals surface area (Å²) in [4.78, 5) is 17.1. The van der Waals surface area contributed by atoms with Crippen molar-refractivity contribution < 1.29 is 0 Å². The molecule has 0 amide bonds. The van der Waals surface area contributed by atoms with Gasteiger partial charge in [0, 0.05) is 43.2 Å². The molecule has 1 aliphatic carbocycles. The Morgan fingerprint density at radius 3 is 2.32 bits per heavy atom. The minimum atomic E-state index is 0.183. The van der Waals surface area contributed by atoms with Gasteiger partial charge < -0.3 is 26.7 Å². The van der Waals surface area contributed by atoms with Crippen molar-refractivity contribution in [1.29, 1.82) is 5.41 Å². The molecule has 0 atom stereocenters. The Labute approximate surface area is 216 Å². The van der Waals surface area contributed by atoms with Crippen molar-refractivity contribution in [2.75, 3.05) is 35.6 Å². The molecular weight excluding hydrogens is 462 g/mol. The van der Waals surface area contributed by atoms with Crippen LogP contribution in [0.3, 0.4) is 0 Å². The van der Waals surface area contributed by atoms with E-state index in [9.17, 15) is 0 Å². The Morgan fingerprint density at radius 1 is 0.865 bits per heavy atom. The van der Waals surface area contributed by atoms with Crippen LogP contribution in [0.1, 0.15) is 36.0 Å². The first kappa shape index (κ1) is 24.3. The Balaban J connectivity index is 1.21. The van der Waals surface area contributed by atoms with Crippen LogP contribution in [-0.2, 0) is 12.8 Å². The lowest BCUT2D eigenvalue weighted by Gasteiger charge is -2.12. The molecule has 5 rings (SSSR count). The number of para-hydroxylation sites is 1. The number of nitrogens with two attached hydrogens (primary N) is 1.